The first-order valence-electron chi connectivity index (χ1n) is 8.40. The highest BCUT2D eigenvalue weighted by Crippen LogP contribution is 2.22. The van der Waals surface area contributed by atoms with Gasteiger partial charge in [-0.1, -0.05) is 0 Å². The van der Waals surface area contributed by atoms with Gasteiger partial charge in [0.25, 0.3) is 0 Å². The summed E-state index contributed by atoms with van der Waals surface area (Å²) in [4.78, 5) is 14.0. The van der Waals surface area contributed by atoms with Crippen LogP contribution < -0.4 is 10.9 Å². The zero-order chi connectivity index (χ0) is 18.0. The smallest absolute Gasteiger partial charge is 0.336 e. The summed E-state index contributed by atoms with van der Waals surface area (Å²) in [7, 11) is 4.04. The summed E-state index contributed by atoms with van der Waals surface area (Å²) in [6.07, 6.45) is 1.69. The van der Waals surface area contributed by atoms with Crippen LogP contribution in [0.3, 0.4) is 0 Å². The van der Waals surface area contributed by atoms with Gasteiger partial charge in [-0.05, 0) is 68.9 Å². The van der Waals surface area contributed by atoms with Crippen molar-refractivity contribution in [1.82, 2.24) is 10.2 Å². The second-order valence-corrected chi connectivity index (χ2v) is 6.65. The minimum atomic E-state index is -0.317. The first-order chi connectivity index (χ1) is 12.0. The Morgan fingerprint density at radius 3 is 2.60 bits per heavy atom. The van der Waals surface area contributed by atoms with E-state index in [1.165, 1.54) is 5.56 Å². The Morgan fingerprint density at radius 1 is 1.16 bits per heavy atom. The number of benzene rings is 1. The molecule has 0 spiro atoms. The van der Waals surface area contributed by atoms with Crippen LogP contribution in [0, 0.1) is 13.8 Å². The van der Waals surface area contributed by atoms with Gasteiger partial charge in [0.2, 0.25) is 0 Å². The van der Waals surface area contributed by atoms with E-state index in [2.05, 4.69) is 23.2 Å². The molecule has 1 N–H and O–H groups in total. The van der Waals surface area contributed by atoms with E-state index in [1.807, 2.05) is 39.2 Å². The Balaban J connectivity index is 1.81. The number of furan rings is 1. The molecule has 2 heterocycles. The molecule has 0 aliphatic carbocycles. The van der Waals surface area contributed by atoms with Gasteiger partial charge in [-0.3, -0.25) is 4.90 Å². The Labute approximate surface area is 147 Å². The van der Waals surface area contributed by atoms with Crippen LogP contribution in [0.25, 0.3) is 11.0 Å². The molecule has 0 aliphatic heterocycles. The number of likely N-dealkylation sites (N-methyl/N-ethyl adjacent to an activating group) is 1. The van der Waals surface area contributed by atoms with E-state index in [-0.39, 0.29) is 11.7 Å². The van der Waals surface area contributed by atoms with Crippen molar-refractivity contribution >= 4 is 11.0 Å². The van der Waals surface area contributed by atoms with Crippen LogP contribution in [0.1, 0.15) is 28.5 Å². The standard InChI is InChI=1S/C20H24N2O3/c1-13-8-16-15(10-20(23)25-19(16)9-14(13)2)11-21-12-17(22(3)4)18-6-5-7-24-18/h5-10,17,21H,11-12H2,1-4H3/t17-/m1/s1. The summed E-state index contributed by atoms with van der Waals surface area (Å²) in [5.74, 6) is 0.918. The molecule has 0 saturated carbocycles. The van der Waals surface area contributed by atoms with E-state index in [0.29, 0.717) is 18.7 Å². The fourth-order valence-electron chi connectivity index (χ4n) is 2.99. The molecule has 0 fully saturated rings. The van der Waals surface area contributed by atoms with Crippen molar-refractivity contribution in [3.8, 4) is 0 Å². The number of hydrogen-bond acceptors (Lipinski definition) is 5. The molecule has 25 heavy (non-hydrogen) atoms. The first-order valence-corrected chi connectivity index (χ1v) is 8.40. The van der Waals surface area contributed by atoms with Crippen LogP contribution in [0.15, 0.2) is 50.2 Å². The fraction of sp³-hybridized carbons (Fsp3) is 0.350. The lowest BCUT2D eigenvalue weighted by atomic mass is 10.0. The first kappa shape index (κ1) is 17.5. The summed E-state index contributed by atoms with van der Waals surface area (Å²) in [6.45, 7) is 5.39. The van der Waals surface area contributed by atoms with E-state index >= 15 is 0 Å². The molecule has 0 aliphatic rings. The van der Waals surface area contributed by atoms with Crippen LogP contribution in [-0.2, 0) is 6.54 Å². The molecule has 5 heteroatoms. The van der Waals surface area contributed by atoms with Gasteiger partial charge in [0.15, 0.2) is 0 Å². The van der Waals surface area contributed by atoms with Crippen molar-refractivity contribution in [2.45, 2.75) is 26.4 Å². The van der Waals surface area contributed by atoms with Crippen LogP contribution in [0.2, 0.25) is 0 Å². The molecule has 0 amide bonds. The quantitative estimate of drug-likeness (QED) is 0.697. The zero-order valence-electron chi connectivity index (χ0n) is 15.1. The second-order valence-electron chi connectivity index (χ2n) is 6.65. The highest BCUT2D eigenvalue weighted by molar-refractivity contribution is 5.81. The molecular weight excluding hydrogens is 316 g/mol. The lowest BCUT2D eigenvalue weighted by Crippen LogP contribution is -2.30. The van der Waals surface area contributed by atoms with Crippen molar-refractivity contribution in [2.24, 2.45) is 0 Å². The molecule has 0 unspecified atom stereocenters. The summed E-state index contributed by atoms with van der Waals surface area (Å²) >= 11 is 0. The van der Waals surface area contributed by atoms with Crippen molar-refractivity contribution in [3.63, 3.8) is 0 Å². The van der Waals surface area contributed by atoms with E-state index in [0.717, 1.165) is 22.3 Å². The molecule has 1 aromatic carbocycles. The normalized spacial score (nSPS) is 12.8. The number of nitrogens with one attached hydrogen (secondary N) is 1. The molecule has 3 rings (SSSR count). The van der Waals surface area contributed by atoms with E-state index in [1.54, 1.807) is 12.3 Å². The summed E-state index contributed by atoms with van der Waals surface area (Å²) in [5.41, 5.74) is 3.58. The van der Waals surface area contributed by atoms with Crippen molar-refractivity contribution in [2.75, 3.05) is 20.6 Å². The molecule has 5 nitrogen and oxygen atoms in total. The fourth-order valence-corrected chi connectivity index (χ4v) is 2.99. The third-order valence-corrected chi connectivity index (χ3v) is 4.59. The highest BCUT2D eigenvalue weighted by Gasteiger charge is 2.16. The zero-order valence-corrected chi connectivity index (χ0v) is 15.1. The lowest BCUT2D eigenvalue weighted by Gasteiger charge is -2.22. The topological polar surface area (TPSA) is 58.6 Å². The molecule has 0 saturated heterocycles. The van der Waals surface area contributed by atoms with E-state index < -0.39 is 0 Å². The Morgan fingerprint density at radius 2 is 1.92 bits per heavy atom. The molecule has 1 atom stereocenters. The van der Waals surface area contributed by atoms with Crippen LogP contribution >= 0.6 is 0 Å². The predicted molar refractivity (Wildman–Crippen MR) is 98.8 cm³/mol. The molecular formula is C20H24N2O3. The minimum Gasteiger partial charge on any atom is -0.468 e. The average Bonchev–Trinajstić information content (AvgIpc) is 3.06. The SMILES string of the molecule is Cc1cc2oc(=O)cc(CNC[C@H](c3ccco3)N(C)C)c2cc1C. The van der Waals surface area contributed by atoms with Gasteiger partial charge in [0, 0.05) is 24.5 Å². The third-order valence-electron chi connectivity index (χ3n) is 4.59. The van der Waals surface area contributed by atoms with Gasteiger partial charge in [0.05, 0.1) is 12.3 Å². The van der Waals surface area contributed by atoms with Gasteiger partial charge in [0.1, 0.15) is 11.3 Å². The van der Waals surface area contributed by atoms with E-state index in [9.17, 15) is 4.79 Å². The molecule has 2 aromatic heterocycles. The van der Waals surface area contributed by atoms with Crippen molar-refractivity contribution in [3.05, 3.63) is 69.5 Å². The summed E-state index contributed by atoms with van der Waals surface area (Å²) in [5, 5.41) is 4.42. The average molecular weight is 340 g/mol. The third kappa shape index (κ3) is 3.83. The van der Waals surface area contributed by atoms with Crippen molar-refractivity contribution < 1.29 is 8.83 Å². The lowest BCUT2D eigenvalue weighted by molar-refractivity contribution is 0.250. The maximum atomic E-state index is 11.9. The largest absolute Gasteiger partial charge is 0.468 e. The Hall–Kier alpha value is -2.37. The van der Waals surface area contributed by atoms with Gasteiger partial charge < -0.3 is 14.2 Å². The van der Waals surface area contributed by atoms with Crippen LogP contribution in [-0.4, -0.2) is 25.5 Å². The summed E-state index contributed by atoms with van der Waals surface area (Å²) < 4.78 is 10.9. The predicted octanol–water partition coefficient (Wildman–Crippen LogP) is 3.40. The van der Waals surface area contributed by atoms with Gasteiger partial charge in [-0.25, -0.2) is 4.79 Å². The van der Waals surface area contributed by atoms with Gasteiger partial charge in [-0.2, -0.15) is 0 Å². The van der Waals surface area contributed by atoms with Crippen LogP contribution in [0.5, 0.6) is 0 Å². The maximum absolute atomic E-state index is 11.9. The monoisotopic (exact) mass is 340 g/mol. The Kier molecular flexibility index (Phi) is 5.06. The minimum absolute atomic E-state index is 0.130. The molecule has 0 bridgehead atoms. The van der Waals surface area contributed by atoms with Crippen LogP contribution in [0.4, 0.5) is 0 Å². The molecule has 132 valence electrons. The maximum Gasteiger partial charge on any atom is 0.336 e. The van der Waals surface area contributed by atoms with Gasteiger partial charge >= 0.3 is 5.63 Å². The number of hydrogen-bond donors (Lipinski definition) is 1. The second kappa shape index (κ2) is 7.25. The Bertz CT molecular complexity index is 911. The number of rotatable bonds is 6. The number of aryl methyl sites for hydroxylation is 2. The molecule has 0 radical (unpaired) electrons. The number of nitrogens with zero attached hydrogens (tertiary/aromatic N) is 1. The number of fused-ring (bicyclic) bond motifs is 1. The molecule has 3 aromatic rings. The van der Waals surface area contributed by atoms with Crippen molar-refractivity contribution in [1.29, 1.82) is 0 Å². The highest BCUT2D eigenvalue weighted by atomic mass is 16.4. The summed E-state index contributed by atoms with van der Waals surface area (Å²) in [6, 6.07) is 9.59. The van der Waals surface area contributed by atoms with E-state index in [4.69, 9.17) is 8.83 Å². The van der Waals surface area contributed by atoms with Gasteiger partial charge in [-0.15, -0.1) is 0 Å².